The van der Waals surface area contributed by atoms with Gasteiger partial charge in [0.2, 0.25) is 5.91 Å². The molecule has 0 saturated carbocycles. The van der Waals surface area contributed by atoms with Crippen LogP contribution in [0.2, 0.25) is 0 Å². The molecule has 0 unspecified atom stereocenters. The summed E-state index contributed by atoms with van der Waals surface area (Å²) >= 11 is 0. The lowest BCUT2D eigenvalue weighted by Crippen LogP contribution is -2.51. The molecule has 1 aromatic rings. The molecule has 120 valence electrons. The summed E-state index contributed by atoms with van der Waals surface area (Å²) in [6.45, 7) is 6.29. The van der Waals surface area contributed by atoms with E-state index in [1.807, 2.05) is 18.7 Å². The van der Waals surface area contributed by atoms with E-state index < -0.39 is 11.2 Å². The van der Waals surface area contributed by atoms with E-state index in [-0.39, 0.29) is 11.7 Å². The predicted octanol–water partition coefficient (Wildman–Crippen LogP) is 2.47. The van der Waals surface area contributed by atoms with E-state index in [4.69, 9.17) is 9.47 Å². The van der Waals surface area contributed by atoms with Crippen LogP contribution < -0.4 is 0 Å². The summed E-state index contributed by atoms with van der Waals surface area (Å²) in [5.41, 5.74) is 0.155. The Morgan fingerprint density at radius 1 is 1.14 bits per heavy atom. The Labute approximate surface area is 130 Å². The van der Waals surface area contributed by atoms with Gasteiger partial charge in [-0.2, -0.15) is 0 Å². The Hall–Kier alpha value is -1.46. The summed E-state index contributed by atoms with van der Waals surface area (Å²) in [6, 6.07) is 6.16. The quantitative estimate of drug-likeness (QED) is 0.842. The van der Waals surface area contributed by atoms with Crippen molar-refractivity contribution >= 4 is 5.91 Å². The summed E-state index contributed by atoms with van der Waals surface area (Å²) < 4.78 is 24.5. The van der Waals surface area contributed by atoms with Gasteiger partial charge in [0.25, 0.3) is 0 Å². The minimum absolute atomic E-state index is 0.0620. The van der Waals surface area contributed by atoms with Gasteiger partial charge in [0.15, 0.2) is 5.79 Å². The molecule has 1 aromatic carbocycles. The summed E-state index contributed by atoms with van der Waals surface area (Å²) in [5, 5.41) is 0. The van der Waals surface area contributed by atoms with Crippen LogP contribution in [0.5, 0.6) is 0 Å². The second kappa shape index (κ2) is 5.63. The number of benzene rings is 1. The van der Waals surface area contributed by atoms with E-state index in [9.17, 15) is 9.18 Å². The number of hydrogen-bond donors (Lipinski definition) is 0. The number of amides is 1. The summed E-state index contributed by atoms with van der Waals surface area (Å²) in [4.78, 5) is 14.7. The summed E-state index contributed by atoms with van der Waals surface area (Å²) in [7, 11) is 0. The zero-order chi connectivity index (χ0) is 15.8. The molecule has 0 atom stereocenters. The largest absolute Gasteiger partial charge is 0.347 e. The fourth-order valence-electron chi connectivity index (χ4n) is 3.22. The maximum absolute atomic E-state index is 13.1. The average Bonchev–Trinajstić information content (AvgIpc) is 2.96. The number of rotatable bonds is 2. The Bertz CT molecular complexity index is 540. The second-order valence-electron chi connectivity index (χ2n) is 6.53. The number of ether oxygens (including phenoxy) is 2. The molecule has 0 radical (unpaired) electrons. The fourth-order valence-corrected chi connectivity index (χ4v) is 3.22. The highest BCUT2D eigenvalue weighted by Crippen LogP contribution is 2.34. The van der Waals surface area contributed by atoms with Crippen LogP contribution in [-0.2, 0) is 19.7 Å². The van der Waals surface area contributed by atoms with Gasteiger partial charge >= 0.3 is 0 Å². The highest BCUT2D eigenvalue weighted by molar-refractivity contribution is 5.87. The van der Waals surface area contributed by atoms with Crippen molar-refractivity contribution < 1.29 is 18.7 Å². The highest BCUT2D eigenvalue weighted by atomic mass is 19.1. The lowest BCUT2D eigenvalue weighted by Gasteiger charge is -2.40. The molecule has 22 heavy (non-hydrogen) atoms. The first-order valence-electron chi connectivity index (χ1n) is 7.76. The van der Waals surface area contributed by atoms with E-state index in [0.717, 1.165) is 5.56 Å². The third kappa shape index (κ3) is 2.75. The Morgan fingerprint density at radius 2 is 1.68 bits per heavy atom. The van der Waals surface area contributed by atoms with Gasteiger partial charge < -0.3 is 14.4 Å². The zero-order valence-electron chi connectivity index (χ0n) is 13.1. The number of carbonyl (C=O) groups is 1. The van der Waals surface area contributed by atoms with Gasteiger partial charge in [0, 0.05) is 25.9 Å². The fraction of sp³-hybridized carbons (Fsp3) is 0.588. The molecule has 5 heteroatoms. The standard InChI is InChI=1S/C17H22FNO3/c1-16(2,13-3-5-14(18)6-4-13)15(20)19-9-7-17(8-10-19)21-11-12-22-17/h3-6H,7-12H2,1-2H3. The van der Waals surface area contributed by atoms with Crippen molar-refractivity contribution in [3.63, 3.8) is 0 Å². The van der Waals surface area contributed by atoms with Gasteiger partial charge in [0.05, 0.1) is 18.6 Å². The molecule has 0 bridgehead atoms. The molecule has 2 aliphatic heterocycles. The normalized spacial score (nSPS) is 21.3. The molecule has 2 fully saturated rings. The minimum Gasteiger partial charge on any atom is -0.347 e. The number of halogens is 1. The van der Waals surface area contributed by atoms with E-state index in [1.165, 1.54) is 12.1 Å². The van der Waals surface area contributed by atoms with E-state index in [2.05, 4.69) is 0 Å². The van der Waals surface area contributed by atoms with Gasteiger partial charge in [-0.1, -0.05) is 12.1 Å². The lowest BCUT2D eigenvalue weighted by atomic mass is 9.82. The SMILES string of the molecule is CC(C)(C(=O)N1CCC2(CC1)OCCO2)c1ccc(F)cc1. The van der Waals surface area contributed by atoms with Crippen LogP contribution in [-0.4, -0.2) is 42.9 Å². The lowest BCUT2D eigenvalue weighted by molar-refractivity contribution is -0.188. The third-order valence-electron chi connectivity index (χ3n) is 4.73. The molecule has 2 aliphatic rings. The zero-order valence-corrected chi connectivity index (χ0v) is 13.1. The van der Waals surface area contributed by atoms with Gasteiger partial charge in [0.1, 0.15) is 5.82 Å². The first-order chi connectivity index (χ1) is 10.4. The van der Waals surface area contributed by atoms with Crippen molar-refractivity contribution in [3.05, 3.63) is 35.6 Å². The minimum atomic E-state index is -0.671. The van der Waals surface area contributed by atoms with Gasteiger partial charge in [-0.25, -0.2) is 4.39 Å². The first-order valence-corrected chi connectivity index (χ1v) is 7.76. The van der Waals surface area contributed by atoms with E-state index in [1.54, 1.807) is 12.1 Å². The first kappa shape index (κ1) is 15.4. The smallest absolute Gasteiger partial charge is 0.232 e. The Balaban J connectivity index is 1.69. The number of likely N-dealkylation sites (tertiary alicyclic amines) is 1. The number of piperidine rings is 1. The van der Waals surface area contributed by atoms with Crippen molar-refractivity contribution in [2.24, 2.45) is 0 Å². The molecule has 2 saturated heterocycles. The monoisotopic (exact) mass is 307 g/mol. The average molecular weight is 307 g/mol. The van der Waals surface area contributed by atoms with Crippen LogP contribution in [0.1, 0.15) is 32.3 Å². The third-order valence-corrected chi connectivity index (χ3v) is 4.73. The molecule has 2 heterocycles. The van der Waals surface area contributed by atoms with Gasteiger partial charge in [-0.3, -0.25) is 4.79 Å². The van der Waals surface area contributed by atoms with Crippen molar-refractivity contribution in [2.45, 2.75) is 37.9 Å². The molecule has 0 aromatic heterocycles. The molecule has 1 spiro atoms. The molecule has 0 aliphatic carbocycles. The van der Waals surface area contributed by atoms with Crippen LogP contribution in [0.3, 0.4) is 0 Å². The number of hydrogen-bond acceptors (Lipinski definition) is 3. The highest BCUT2D eigenvalue weighted by Gasteiger charge is 2.43. The second-order valence-corrected chi connectivity index (χ2v) is 6.53. The van der Waals surface area contributed by atoms with Crippen LogP contribution in [0.25, 0.3) is 0 Å². The van der Waals surface area contributed by atoms with Crippen molar-refractivity contribution in [1.29, 1.82) is 0 Å². The van der Waals surface area contributed by atoms with Crippen LogP contribution in [0.4, 0.5) is 4.39 Å². The van der Waals surface area contributed by atoms with Crippen molar-refractivity contribution in [2.75, 3.05) is 26.3 Å². The number of nitrogens with zero attached hydrogens (tertiary/aromatic N) is 1. The van der Waals surface area contributed by atoms with Crippen molar-refractivity contribution in [3.8, 4) is 0 Å². The Kier molecular flexibility index (Phi) is 3.95. The molecule has 0 N–H and O–H groups in total. The van der Waals surface area contributed by atoms with Crippen molar-refractivity contribution in [1.82, 2.24) is 4.90 Å². The van der Waals surface area contributed by atoms with Gasteiger partial charge in [-0.15, -0.1) is 0 Å². The van der Waals surface area contributed by atoms with E-state index >= 15 is 0 Å². The molecule has 3 rings (SSSR count). The topological polar surface area (TPSA) is 38.8 Å². The van der Waals surface area contributed by atoms with Crippen LogP contribution in [0.15, 0.2) is 24.3 Å². The Morgan fingerprint density at radius 3 is 2.23 bits per heavy atom. The molecule has 4 nitrogen and oxygen atoms in total. The maximum Gasteiger partial charge on any atom is 0.232 e. The predicted molar refractivity (Wildman–Crippen MR) is 79.9 cm³/mol. The van der Waals surface area contributed by atoms with Crippen LogP contribution >= 0.6 is 0 Å². The summed E-state index contributed by atoms with van der Waals surface area (Å²) in [5.74, 6) is -0.703. The molecular formula is C17H22FNO3. The van der Waals surface area contributed by atoms with Crippen LogP contribution in [0, 0.1) is 5.82 Å². The molecule has 1 amide bonds. The number of carbonyl (C=O) groups excluding carboxylic acids is 1. The van der Waals surface area contributed by atoms with E-state index in [0.29, 0.717) is 39.1 Å². The van der Waals surface area contributed by atoms with Gasteiger partial charge in [-0.05, 0) is 31.5 Å². The summed E-state index contributed by atoms with van der Waals surface area (Å²) in [6.07, 6.45) is 1.41. The molecular weight excluding hydrogens is 285 g/mol. The maximum atomic E-state index is 13.1.